The quantitative estimate of drug-likeness (QED) is 0.643. The first-order valence-electron chi connectivity index (χ1n) is 6.99. The van der Waals surface area contributed by atoms with Crippen LogP contribution in [-0.4, -0.2) is 10.9 Å². The molecule has 1 N–H and O–H groups in total. The summed E-state index contributed by atoms with van der Waals surface area (Å²) in [4.78, 5) is 12.1. The van der Waals surface area contributed by atoms with Gasteiger partial charge in [0.1, 0.15) is 5.76 Å². The van der Waals surface area contributed by atoms with Gasteiger partial charge >= 0.3 is 0 Å². The summed E-state index contributed by atoms with van der Waals surface area (Å²) < 4.78 is 0. The molecule has 2 aromatic carbocycles. The summed E-state index contributed by atoms with van der Waals surface area (Å²) in [5, 5.41) is 10.3. The van der Waals surface area contributed by atoms with E-state index >= 15 is 0 Å². The van der Waals surface area contributed by atoms with Crippen molar-refractivity contribution in [3.05, 3.63) is 66.2 Å². The molecule has 0 aliphatic heterocycles. The molecule has 0 heterocycles. The maximum absolute atomic E-state index is 12.1. The number of hydrogen-bond donors (Lipinski definition) is 1. The van der Waals surface area contributed by atoms with Crippen molar-refractivity contribution >= 4 is 11.5 Å². The third-order valence-electron chi connectivity index (χ3n) is 3.29. The van der Waals surface area contributed by atoms with Gasteiger partial charge < -0.3 is 5.11 Å². The molecule has 0 saturated carbocycles. The molecule has 0 spiro atoms. The van der Waals surface area contributed by atoms with Gasteiger partial charge in [-0.3, -0.25) is 4.79 Å². The predicted octanol–water partition coefficient (Wildman–Crippen LogP) is 4.87. The number of benzene rings is 2. The number of carbonyl (C=O) groups is 1. The molecule has 0 aliphatic rings. The lowest BCUT2D eigenvalue weighted by atomic mass is 9.89. The van der Waals surface area contributed by atoms with Crippen molar-refractivity contribution in [1.82, 2.24) is 0 Å². The fourth-order valence-corrected chi connectivity index (χ4v) is 1.99. The normalized spacial score (nSPS) is 12.2. The Bertz CT molecular complexity index is 661. The minimum Gasteiger partial charge on any atom is -0.507 e. The van der Waals surface area contributed by atoms with Gasteiger partial charge in [-0.05, 0) is 11.1 Å². The molecule has 0 aliphatic carbocycles. The lowest BCUT2D eigenvalue weighted by Gasteiger charge is -2.14. The topological polar surface area (TPSA) is 37.3 Å². The number of aliphatic hydroxyl groups excluding tert-OH is 1. The van der Waals surface area contributed by atoms with Gasteiger partial charge in [0.05, 0.1) is 0 Å². The van der Waals surface area contributed by atoms with E-state index in [0.717, 1.165) is 11.1 Å². The Morgan fingerprint density at radius 3 is 2.14 bits per heavy atom. The van der Waals surface area contributed by atoms with Crippen LogP contribution in [0, 0.1) is 5.41 Å². The van der Waals surface area contributed by atoms with Crippen LogP contribution in [0.15, 0.2) is 60.7 Å². The summed E-state index contributed by atoms with van der Waals surface area (Å²) in [6.45, 7) is 5.51. The van der Waals surface area contributed by atoms with E-state index in [1.807, 2.05) is 75.4 Å². The van der Waals surface area contributed by atoms with Crippen molar-refractivity contribution < 1.29 is 9.90 Å². The molecule has 0 unspecified atom stereocenters. The number of hydrogen-bond acceptors (Lipinski definition) is 2. The molecule has 2 rings (SSSR count). The van der Waals surface area contributed by atoms with Crippen molar-refractivity contribution in [2.75, 3.05) is 0 Å². The van der Waals surface area contributed by atoms with E-state index in [9.17, 15) is 9.90 Å². The van der Waals surface area contributed by atoms with Crippen LogP contribution in [0.1, 0.15) is 26.3 Å². The summed E-state index contributed by atoms with van der Waals surface area (Å²) in [5.41, 5.74) is 2.08. The average molecular weight is 280 g/mol. The zero-order valence-electron chi connectivity index (χ0n) is 12.6. The Balaban J connectivity index is 2.46. The first kappa shape index (κ1) is 15.0. The van der Waals surface area contributed by atoms with Gasteiger partial charge in [-0.25, -0.2) is 0 Å². The van der Waals surface area contributed by atoms with Crippen LogP contribution in [0.4, 0.5) is 0 Å². The highest BCUT2D eigenvalue weighted by molar-refractivity contribution is 5.99. The van der Waals surface area contributed by atoms with E-state index in [0.29, 0.717) is 5.56 Å². The highest BCUT2D eigenvalue weighted by Gasteiger charge is 2.20. The van der Waals surface area contributed by atoms with Gasteiger partial charge in [-0.1, -0.05) is 75.4 Å². The van der Waals surface area contributed by atoms with Gasteiger partial charge in [-0.15, -0.1) is 0 Å². The van der Waals surface area contributed by atoms with Crippen molar-refractivity contribution in [3.63, 3.8) is 0 Å². The highest BCUT2D eigenvalue weighted by atomic mass is 16.3. The monoisotopic (exact) mass is 280 g/mol. The zero-order chi connectivity index (χ0) is 15.5. The molecule has 0 atom stereocenters. The SMILES string of the molecule is CC(C)(C)C(=O)C=C(O)c1ccccc1-c1ccccc1. The second-order valence-corrected chi connectivity index (χ2v) is 6.06. The van der Waals surface area contributed by atoms with Gasteiger partial charge in [0.15, 0.2) is 5.78 Å². The third-order valence-corrected chi connectivity index (χ3v) is 3.29. The molecule has 2 aromatic rings. The van der Waals surface area contributed by atoms with Crippen molar-refractivity contribution in [3.8, 4) is 11.1 Å². The van der Waals surface area contributed by atoms with Crippen LogP contribution in [0.25, 0.3) is 16.9 Å². The maximum Gasteiger partial charge on any atom is 0.164 e. The Morgan fingerprint density at radius 1 is 0.952 bits per heavy atom. The van der Waals surface area contributed by atoms with Crippen molar-refractivity contribution in [1.29, 1.82) is 0 Å². The van der Waals surface area contributed by atoms with E-state index in [4.69, 9.17) is 0 Å². The summed E-state index contributed by atoms with van der Waals surface area (Å²) in [5.74, 6) is -0.0859. The number of allylic oxidation sites excluding steroid dienone is 1. The van der Waals surface area contributed by atoms with Crippen LogP contribution in [0.2, 0.25) is 0 Å². The highest BCUT2D eigenvalue weighted by Crippen LogP contribution is 2.28. The second kappa shape index (κ2) is 5.96. The van der Waals surface area contributed by atoms with E-state index in [1.165, 1.54) is 6.08 Å². The summed E-state index contributed by atoms with van der Waals surface area (Å²) in [7, 11) is 0. The maximum atomic E-state index is 12.1. The predicted molar refractivity (Wildman–Crippen MR) is 86.9 cm³/mol. The standard InChI is InChI=1S/C19H20O2/c1-19(2,3)18(21)13-17(20)16-12-8-7-11-15(16)14-9-5-4-6-10-14/h4-13,20H,1-3H3. The van der Waals surface area contributed by atoms with Gasteiger partial charge in [0.2, 0.25) is 0 Å². The molecule has 21 heavy (non-hydrogen) atoms. The summed E-state index contributed by atoms with van der Waals surface area (Å²) in [6, 6.07) is 17.4. The van der Waals surface area contributed by atoms with Crippen molar-refractivity contribution in [2.45, 2.75) is 20.8 Å². The summed E-state index contributed by atoms with van der Waals surface area (Å²) >= 11 is 0. The molecule has 0 aromatic heterocycles. The van der Waals surface area contributed by atoms with Crippen LogP contribution < -0.4 is 0 Å². The molecular weight excluding hydrogens is 260 g/mol. The smallest absolute Gasteiger partial charge is 0.164 e. The Kier molecular flexibility index (Phi) is 4.27. The molecule has 0 amide bonds. The zero-order valence-corrected chi connectivity index (χ0v) is 12.6. The van der Waals surface area contributed by atoms with Gasteiger partial charge in [-0.2, -0.15) is 0 Å². The number of rotatable bonds is 3. The van der Waals surface area contributed by atoms with Gasteiger partial charge in [0.25, 0.3) is 0 Å². The largest absolute Gasteiger partial charge is 0.507 e. The minimum absolute atomic E-state index is 0.00868. The van der Waals surface area contributed by atoms with E-state index in [-0.39, 0.29) is 11.5 Å². The molecule has 2 nitrogen and oxygen atoms in total. The average Bonchev–Trinajstić information content (AvgIpc) is 2.47. The summed E-state index contributed by atoms with van der Waals surface area (Å²) in [6.07, 6.45) is 1.32. The Morgan fingerprint density at radius 2 is 1.52 bits per heavy atom. The molecule has 0 fully saturated rings. The Labute approximate surface area is 125 Å². The number of carbonyl (C=O) groups excluding carboxylic acids is 1. The molecule has 0 radical (unpaired) electrons. The second-order valence-electron chi connectivity index (χ2n) is 6.06. The number of aliphatic hydroxyl groups is 1. The lowest BCUT2D eigenvalue weighted by molar-refractivity contribution is -0.121. The van der Waals surface area contributed by atoms with E-state index in [1.54, 1.807) is 0 Å². The lowest BCUT2D eigenvalue weighted by Crippen LogP contribution is -2.17. The Hall–Kier alpha value is -2.35. The molecule has 108 valence electrons. The van der Waals surface area contributed by atoms with Crippen molar-refractivity contribution in [2.24, 2.45) is 5.41 Å². The molecule has 2 heteroatoms. The molecule has 0 bridgehead atoms. The van der Waals surface area contributed by atoms with E-state index < -0.39 is 5.41 Å². The third kappa shape index (κ3) is 3.60. The van der Waals surface area contributed by atoms with E-state index in [2.05, 4.69) is 0 Å². The first-order chi connectivity index (χ1) is 9.89. The van der Waals surface area contributed by atoms with Crippen LogP contribution >= 0.6 is 0 Å². The first-order valence-corrected chi connectivity index (χ1v) is 6.99. The minimum atomic E-state index is -0.504. The fraction of sp³-hybridized carbons (Fsp3) is 0.211. The van der Waals surface area contributed by atoms with Gasteiger partial charge in [0, 0.05) is 17.1 Å². The molecular formula is C19H20O2. The van der Waals surface area contributed by atoms with Crippen LogP contribution in [0.5, 0.6) is 0 Å². The number of ketones is 1. The fourth-order valence-electron chi connectivity index (χ4n) is 1.99. The van der Waals surface area contributed by atoms with Crippen LogP contribution in [-0.2, 0) is 4.79 Å². The van der Waals surface area contributed by atoms with Crippen LogP contribution in [0.3, 0.4) is 0 Å². The molecule has 0 saturated heterocycles.